The first kappa shape index (κ1) is 21.3. The van der Waals surface area contributed by atoms with Crippen molar-refractivity contribution in [2.75, 3.05) is 18.4 Å². The van der Waals surface area contributed by atoms with E-state index in [-0.39, 0.29) is 5.92 Å². The maximum atomic E-state index is 11.2. The van der Waals surface area contributed by atoms with E-state index in [9.17, 15) is 9.90 Å². The van der Waals surface area contributed by atoms with Crippen LogP contribution in [-0.2, 0) is 6.54 Å². The third-order valence-electron chi connectivity index (χ3n) is 6.16. The molecule has 0 aliphatic carbocycles. The predicted octanol–water partition coefficient (Wildman–Crippen LogP) is 5.75. The van der Waals surface area contributed by atoms with Gasteiger partial charge in [-0.3, -0.25) is 0 Å². The zero-order chi connectivity index (χ0) is 22.8. The molecule has 0 bridgehead atoms. The van der Waals surface area contributed by atoms with Crippen LogP contribution in [0.5, 0.6) is 0 Å². The number of nitrogens with zero attached hydrogens (tertiary/aromatic N) is 3. The lowest BCUT2D eigenvalue weighted by atomic mass is 9.93. The first-order chi connectivity index (χ1) is 16.1. The summed E-state index contributed by atoms with van der Waals surface area (Å²) in [5.74, 6) is 1.03. The molecule has 168 valence electrons. The van der Waals surface area contributed by atoms with Crippen LogP contribution in [0.3, 0.4) is 0 Å². The van der Waals surface area contributed by atoms with Crippen molar-refractivity contribution in [3.05, 3.63) is 77.1 Å². The van der Waals surface area contributed by atoms with Crippen molar-refractivity contribution >= 4 is 34.5 Å². The van der Waals surface area contributed by atoms with E-state index in [1.165, 1.54) is 10.5 Å². The SMILES string of the molecule is O=C(O)N1CCC(c2cc3c(-c4cccc(NCc5ccccc5)n4)c(Cl)cnc3[nH]2)CC1. The van der Waals surface area contributed by atoms with Crippen LogP contribution in [0.2, 0.25) is 5.02 Å². The van der Waals surface area contributed by atoms with Crippen LogP contribution in [0.25, 0.3) is 22.3 Å². The van der Waals surface area contributed by atoms with Gasteiger partial charge in [0.2, 0.25) is 0 Å². The summed E-state index contributed by atoms with van der Waals surface area (Å²) in [6.07, 6.45) is 2.35. The summed E-state index contributed by atoms with van der Waals surface area (Å²) in [6.45, 7) is 1.75. The Labute approximate surface area is 196 Å². The van der Waals surface area contributed by atoms with Gasteiger partial charge < -0.3 is 20.3 Å². The molecule has 4 heterocycles. The average molecular weight is 462 g/mol. The van der Waals surface area contributed by atoms with E-state index in [1.807, 2.05) is 36.4 Å². The zero-order valence-corrected chi connectivity index (χ0v) is 18.7. The summed E-state index contributed by atoms with van der Waals surface area (Å²) in [4.78, 5) is 25.4. The number of nitrogens with one attached hydrogen (secondary N) is 2. The molecule has 0 saturated carbocycles. The van der Waals surface area contributed by atoms with Gasteiger partial charge in [-0.2, -0.15) is 0 Å². The minimum Gasteiger partial charge on any atom is -0.465 e. The van der Waals surface area contributed by atoms with Crippen molar-refractivity contribution in [1.29, 1.82) is 0 Å². The number of carbonyl (C=O) groups is 1. The number of halogens is 1. The highest BCUT2D eigenvalue weighted by molar-refractivity contribution is 6.34. The number of piperidine rings is 1. The largest absolute Gasteiger partial charge is 0.465 e. The van der Waals surface area contributed by atoms with Gasteiger partial charge in [-0.25, -0.2) is 14.8 Å². The summed E-state index contributed by atoms with van der Waals surface area (Å²) < 4.78 is 0. The van der Waals surface area contributed by atoms with Crippen LogP contribution in [0, 0.1) is 0 Å². The summed E-state index contributed by atoms with van der Waals surface area (Å²) in [6, 6.07) is 18.1. The van der Waals surface area contributed by atoms with Gasteiger partial charge in [0.25, 0.3) is 0 Å². The molecule has 3 aromatic heterocycles. The highest BCUT2D eigenvalue weighted by Gasteiger charge is 2.25. The molecule has 33 heavy (non-hydrogen) atoms. The van der Waals surface area contributed by atoms with Crippen molar-refractivity contribution in [1.82, 2.24) is 19.9 Å². The molecule has 0 unspecified atom stereocenters. The molecular weight excluding hydrogens is 438 g/mol. The Kier molecular flexibility index (Phi) is 5.88. The number of rotatable bonds is 5. The maximum absolute atomic E-state index is 11.2. The van der Waals surface area contributed by atoms with Gasteiger partial charge in [-0.1, -0.05) is 48.0 Å². The second-order valence-electron chi connectivity index (χ2n) is 8.26. The van der Waals surface area contributed by atoms with Gasteiger partial charge in [0.15, 0.2) is 0 Å². The monoisotopic (exact) mass is 461 g/mol. The second-order valence-corrected chi connectivity index (χ2v) is 8.67. The number of aromatic amines is 1. The second kappa shape index (κ2) is 9.11. The van der Waals surface area contributed by atoms with Crippen LogP contribution < -0.4 is 5.32 Å². The molecule has 1 amide bonds. The molecule has 0 spiro atoms. The fourth-order valence-corrected chi connectivity index (χ4v) is 4.64. The molecular formula is C25H24ClN5O2. The number of hydrogen-bond donors (Lipinski definition) is 3. The third-order valence-corrected chi connectivity index (χ3v) is 6.45. The molecule has 4 aromatic rings. The highest BCUT2D eigenvalue weighted by atomic mass is 35.5. The number of hydrogen-bond acceptors (Lipinski definition) is 4. The van der Waals surface area contributed by atoms with Crippen molar-refractivity contribution in [3.8, 4) is 11.3 Å². The zero-order valence-electron chi connectivity index (χ0n) is 18.0. The molecule has 8 heteroatoms. The standard InChI is InChI=1S/C25H24ClN5O2/c26-19-15-28-24-18(13-21(30-24)17-9-11-31(12-10-17)25(32)33)23(19)20-7-4-8-22(29-20)27-14-16-5-2-1-3-6-16/h1-8,13,15,17H,9-12,14H2,(H,27,29)(H,28,30)(H,32,33). The molecule has 1 aliphatic rings. The van der Waals surface area contributed by atoms with Gasteiger partial charge in [0, 0.05) is 48.4 Å². The molecule has 5 rings (SSSR count). The van der Waals surface area contributed by atoms with E-state index in [4.69, 9.17) is 16.6 Å². The molecule has 1 aliphatic heterocycles. The molecule has 0 radical (unpaired) electrons. The number of carboxylic acid groups (broad SMARTS) is 1. The summed E-state index contributed by atoms with van der Waals surface area (Å²) in [5, 5.41) is 14.1. The van der Waals surface area contributed by atoms with Gasteiger partial charge in [-0.15, -0.1) is 0 Å². The van der Waals surface area contributed by atoms with Gasteiger partial charge in [0.05, 0.1) is 10.7 Å². The lowest BCUT2D eigenvalue weighted by Gasteiger charge is -2.29. The van der Waals surface area contributed by atoms with E-state index >= 15 is 0 Å². The van der Waals surface area contributed by atoms with E-state index in [1.54, 1.807) is 6.20 Å². The summed E-state index contributed by atoms with van der Waals surface area (Å²) in [5.41, 5.74) is 4.62. The number of benzene rings is 1. The molecule has 1 saturated heterocycles. The number of fused-ring (bicyclic) bond motifs is 1. The molecule has 7 nitrogen and oxygen atoms in total. The van der Waals surface area contributed by atoms with Crippen LogP contribution in [-0.4, -0.2) is 44.1 Å². The van der Waals surface area contributed by atoms with E-state index in [0.717, 1.165) is 46.6 Å². The fraction of sp³-hybridized carbons (Fsp3) is 0.240. The number of anilines is 1. The van der Waals surface area contributed by atoms with Crippen LogP contribution in [0.4, 0.5) is 10.6 Å². The minimum atomic E-state index is -0.854. The average Bonchev–Trinajstić information content (AvgIpc) is 3.28. The van der Waals surface area contributed by atoms with E-state index in [0.29, 0.717) is 24.7 Å². The van der Waals surface area contributed by atoms with Gasteiger partial charge >= 0.3 is 6.09 Å². The van der Waals surface area contributed by atoms with Crippen LogP contribution >= 0.6 is 11.6 Å². The Balaban J connectivity index is 1.42. The topological polar surface area (TPSA) is 94.1 Å². The smallest absolute Gasteiger partial charge is 0.407 e. The molecule has 1 fully saturated rings. The van der Waals surface area contributed by atoms with E-state index in [2.05, 4.69) is 33.5 Å². The molecule has 0 atom stereocenters. The van der Waals surface area contributed by atoms with Gasteiger partial charge in [0.1, 0.15) is 11.5 Å². The van der Waals surface area contributed by atoms with Crippen LogP contribution in [0.15, 0.2) is 60.8 Å². The lowest BCUT2D eigenvalue weighted by Crippen LogP contribution is -2.36. The highest BCUT2D eigenvalue weighted by Crippen LogP contribution is 2.37. The first-order valence-electron chi connectivity index (χ1n) is 11.0. The molecule has 3 N–H and O–H groups in total. The van der Waals surface area contributed by atoms with Crippen LogP contribution in [0.1, 0.15) is 30.0 Å². The Morgan fingerprint density at radius 1 is 1.15 bits per heavy atom. The third kappa shape index (κ3) is 4.50. The Morgan fingerprint density at radius 3 is 2.70 bits per heavy atom. The number of pyridine rings is 2. The minimum absolute atomic E-state index is 0.258. The quantitative estimate of drug-likeness (QED) is 0.352. The van der Waals surface area contributed by atoms with Gasteiger partial charge in [-0.05, 0) is 36.6 Å². The number of amides is 1. The molecule has 1 aromatic carbocycles. The number of aromatic nitrogens is 3. The number of likely N-dealkylation sites (tertiary alicyclic amines) is 1. The normalized spacial score (nSPS) is 14.5. The maximum Gasteiger partial charge on any atom is 0.407 e. The summed E-state index contributed by atoms with van der Waals surface area (Å²) >= 11 is 6.60. The predicted molar refractivity (Wildman–Crippen MR) is 130 cm³/mol. The van der Waals surface area contributed by atoms with E-state index < -0.39 is 6.09 Å². The van der Waals surface area contributed by atoms with Crippen molar-refractivity contribution in [2.24, 2.45) is 0 Å². The Morgan fingerprint density at radius 2 is 1.94 bits per heavy atom. The first-order valence-corrected chi connectivity index (χ1v) is 11.4. The Hall–Kier alpha value is -3.58. The fourth-order valence-electron chi connectivity index (χ4n) is 4.39. The van der Waals surface area contributed by atoms with Crippen molar-refractivity contribution in [3.63, 3.8) is 0 Å². The lowest BCUT2D eigenvalue weighted by molar-refractivity contribution is 0.132. The Bertz CT molecular complexity index is 1280. The van der Waals surface area contributed by atoms with Crippen molar-refractivity contribution < 1.29 is 9.90 Å². The summed E-state index contributed by atoms with van der Waals surface area (Å²) in [7, 11) is 0. The number of H-pyrrole nitrogens is 1. The van der Waals surface area contributed by atoms with Crippen molar-refractivity contribution in [2.45, 2.75) is 25.3 Å².